The van der Waals surface area contributed by atoms with E-state index in [1.54, 1.807) is 6.08 Å². The minimum atomic E-state index is -1.04. The number of aliphatic carboxylic acids is 1. The molecule has 0 fully saturated rings. The lowest BCUT2D eigenvalue weighted by Gasteiger charge is -1.95. The fourth-order valence-corrected chi connectivity index (χ4v) is 1.01. The Morgan fingerprint density at radius 1 is 1.23 bits per heavy atom. The van der Waals surface area contributed by atoms with Crippen LogP contribution < -0.4 is 5.11 Å². The van der Waals surface area contributed by atoms with Crippen LogP contribution in [0.4, 0.5) is 0 Å². The topological polar surface area (TPSA) is 40.1 Å². The van der Waals surface area contributed by atoms with Gasteiger partial charge in [0.2, 0.25) is 0 Å². The molecular weight excluding hydrogens is 164 g/mol. The summed E-state index contributed by atoms with van der Waals surface area (Å²) in [5.41, 5.74) is 1.18. The van der Waals surface area contributed by atoms with E-state index in [-0.39, 0.29) is 6.42 Å². The van der Waals surface area contributed by atoms with Gasteiger partial charge < -0.3 is 9.90 Å². The van der Waals surface area contributed by atoms with E-state index in [1.165, 1.54) is 5.56 Å². The molecule has 0 amide bonds. The number of rotatable bonds is 4. The maximum atomic E-state index is 10.0. The molecule has 0 saturated carbocycles. The molecule has 0 saturated heterocycles. The average Bonchev–Trinajstić information content (AvgIpc) is 2.14. The van der Waals surface area contributed by atoms with Gasteiger partial charge in [-0.15, -0.1) is 0 Å². The molecule has 0 spiro atoms. The second-order valence-electron chi connectivity index (χ2n) is 2.74. The quantitative estimate of drug-likeness (QED) is 0.638. The van der Waals surface area contributed by atoms with Crippen LogP contribution in [0.25, 0.3) is 0 Å². The molecule has 13 heavy (non-hydrogen) atoms. The standard InChI is InChI=1S/C11H12O2/c12-11(13)9-5-4-8-10-6-2-1-3-7-10/h1-7H,8-9H2,(H,12,13)/p-1/b5-4+. The molecule has 0 heterocycles. The molecule has 2 nitrogen and oxygen atoms in total. The zero-order chi connectivity index (χ0) is 9.52. The first-order chi connectivity index (χ1) is 6.29. The number of carboxylic acids is 1. The third-order valence-electron chi connectivity index (χ3n) is 1.65. The summed E-state index contributed by atoms with van der Waals surface area (Å²) >= 11 is 0. The minimum Gasteiger partial charge on any atom is -0.550 e. The van der Waals surface area contributed by atoms with Crippen LogP contribution in [0.2, 0.25) is 0 Å². The second-order valence-corrected chi connectivity index (χ2v) is 2.74. The molecule has 0 unspecified atom stereocenters. The first-order valence-electron chi connectivity index (χ1n) is 4.18. The van der Waals surface area contributed by atoms with Crippen LogP contribution >= 0.6 is 0 Å². The fourth-order valence-electron chi connectivity index (χ4n) is 1.01. The van der Waals surface area contributed by atoms with E-state index in [4.69, 9.17) is 0 Å². The number of benzene rings is 1. The normalized spacial score (nSPS) is 10.5. The first-order valence-corrected chi connectivity index (χ1v) is 4.18. The average molecular weight is 175 g/mol. The van der Waals surface area contributed by atoms with Crippen molar-refractivity contribution < 1.29 is 9.90 Å². The van der Waals surface area contributed by atoms with E-state index in [0.717, 1.165) is 6.42 Å². The van der Waals surface area contributed by atoms with Crippen LogP contribution in [-0.2, 0) is 11.2 Å². The number of carbonyl (C=O) groups is 1. The third kappa shape index (κ3) is 4.11. The van der Waals surface area contributed by atoms with Crippen molar-refractivity contribution in [2.24, 2.45) is 0 Å². The third-order valence-corrected chi connectivity index (χ3v) is 1.65. The van der Waals surface area contributed by atoms with Gasteiger partial charge in [-0.05, 0) is 12.0 Å². The highest BCUT2D eigenvalue weighted by Gasteiger charge is 1.85. The van der Waals surface area contributed by atoms with Crippen molar-refractivity contribution in [3.8, 4) is 0 Å². The van der Waals surface area contributed by atoms with Gasteiger partial charge in [-0.25, -0.2) is 0 Å². The van der Waals surface area contributed by atoms with Gasteiger partial charge in [-0.1, -0.05) is 42.5 Å². The molecular formula is C11H11O2-. The maximum Gasteiger partial charge on any atom is 0.0452 e. The predicted molar refractivity (Wildman–Crippen MR) is 48.9 cm³/mol. The summed E-state index contributed by atoms with van der Waals surface area (Å²) in [4.78, 5) is 10.0. The minimum absolute atomic E-state index is 0.00711. The molecule has 0 bridgehead atoms. The lowest BCUT2D eigenvalue weighted by molar-refractivity contribution is -0.304. The highest BCUT2D eigenvalue weighted by atomic mass is 16.4. The zero-order valence-electron chi connectivity index (χ0n) is 7.27. The van der Waals surface area contributed by atoms with Crippen LogP contribution in [0.1, 0.15) is 12.0 Å². The number of allylic oxidation sites excluding steroid dienone is 1. The Balaban J connectivity index is 2.35. The summed E-state index contributed by atoms with van der Waals surface area (Å²) in [6.07, 6.45) is 4.22. The molecule has 1 aromatic rings. The maximum absolute atomic E-state index is 10.0. The van der Waals surface area contributed by atoms with Crippen molar-refractivity contribution >= 4 is 5.97 Å². The molecule has 0 N–H and O–H groups in total. The van der Waals surface area contributed by atoms with E-state index >= 15 is 0 Å². The van der Waals surface area contributed by atoms with Crippen molar-refractivity contribution in [3.63, 3.8) is 0 Å². The van der Waals surface area contributed by atoms with Gasteiger partial charge in [0.15, 0.2) is 0 Å². The Morgan fingerprint density at radius 2 is 1.92 bits per heavy atom. The van der Waals surface area contributed by atoms with E-state index in [2.05, 4.69) is 0 Å². The highest BCUT2D eigenvalue weighted by Crippen LogP contribution is 2.00. The lowest BCUT2D eigenvalue weighted by atomic mass is 10.1. The van der Waals surface area contributed by atoms with Gasteiger partial charge in [0.05, 0.1) is 0 Å². The molecule has 0 aliphatic rings. The van der Waals surface area contributed by atoms with Crippen LogP contribution in [0, 0.1) is 0 Å². The van der Waals surface area contributed by atoms with Crippen molar-refractivity contribution in [1.82, 2.24) is 0 Å². The van der Waals surface area contributed by atoms with Crippen molar-refractivity contribution in [3.05, 3.63) is 48.0 Å². The molecule has 68 valence electrons. The number of carbonyl (C=O) groups excluding carboxylic acids is 1. The summed E-state index contributed by atoms with van der Waals surface area (Å²) in [5.74, 6) is -1.04. The zero-order valence-corrected chi connectivity index (χ0v) is 7.27. The van der Waals surface area contributed by atoms with Crippen molar-refractivity contribution in [2.75, 3.05) is 0 Å². The molecule has 0 aliphatic heterocycles. The molecule has 2 heteroatoms. The van der Waals surface area contributed by atoms with Gasteiger partial charge in [-0.3, -0.25) is 0 Å². The number of hydrogen-bond donors (Lipinski definition) is 0. The Kier molecular flexibility index (Phi) is 3.76. The number of carboxylic acid groups (broad SMARTS) is 1. The first kappa shape index (κ1) is 9.52. The van der Waals surface area contributed by atoms with Crippen LogP contribution in [-0.4, -0.2) is 5.97 Å². The Hall–Kier alpha value is -1.57. The molecule has 0 atom stereocenters. The summed E-state index contributed by atoms with van der Waals surface area (Å²) in [7, 11) is 0. The van der Waals surface area contributed by atoms with E-state index in [0.29, 0.717) is 0 Å². The van der Waals surface area contributed by atoms with Crippen LogP contribution in [0.5, 0.6) is 0 Å². The van der Waals surface area contributed by atoms with Gasteiger partial charge in [-0.2, -0.15) is 0 Å². The lowest BCUT2D eigenvalue weighted by Crippen LogP contribution is -2.20. The van der Waals surface area contributed by atoms with Gasteiger partial charge >= 0.3 is 0 Å². The van der Waals surface area contributed by atoms with Gasteiger partial charge in [0.25, 0.3) is 0 Å². The Morgan fingerprint density at radius 3 is 2.54 bits per heavy atom. The fraction of sp³-hybridized carbons (Fsp3) is 0.182. The Labute approximate surface area is 77.5 Å². The van der Waals surface area contributed by atoms with Crippen LogP contribution in [0.15, 0.2) is 42.5 Å². The summed E-state index contributed by atoms with van der Waals surface area (Å²) in [6.45, 7) is 0. The molecule has 1 rings (SSSR count). The van der Waals surface area contributed by atoms with Crippen molar-refractivity contribution in [2.45, 2.75) is 12.8 Å². The van der Waals surface area contributed by atoms with Gasteiger partial charge in [0.1, 0.15) is 0 Å². The summed E-state index contributed by atoms with van der Waals surface area (Å²) in [6, 6.07) is 9.88. The second kappa shape index (κ2) is 5.14. The Bertz CT molecular complexity index is 288. The monoisotopic (exact) mass is 175 g/mol. The number of hydrogen-bond acceptors (Lipinski definition) is 2. The predicted octanol–water partition coefficient (Wildman–Crippen LogP) is 0.925. The smallest absolute Gasteiger partial charge is 0.0452 e. The SMILES string of the molecule is O=C([O-])C/C=C/Cc1ccccc1. The van der Waals surface area contributed by atoms with E-state index in [9.17, 15) is 9.90 Å². The summed E-state index contributed by atoms with van der Waals surface area (Å²) in [5, 5.41) is 10.0. The van der Waals surface area contributed by atoms with E-state index < -0.39 is 5.97 Å². The van der Waals surface area contributed by atoms with E-state index in [1.807, 2.05) is 36.4 Å². The highest BCUT2D eigenvalue weighted by molar-refractivity contribution is 5.66. The van der Waals surface area contributed by atoms with Gasteiger partial charge in [0, 0.05) is 12.4 Å². The molecule has 0 aromatic heterocycles. The molecule has 1 aromatic carbocycles. The van der Waals surface area contributed by atoms with Crippen molar-refractivity contribution in [1.29, 1.82) is 0 Å². The molecule has 0 aliphatic carbocycles. The summed E-state index contributed by atoms with van der Waals surface area (Å²) < 4.78 is 0. The molecule has 0 radical (unpaired) electrons. The van der Waals surface area contributed by atoms with Crippen LogP contribution in [0.3, 0.4) is 0 Å². The largest absolute Gasteiger partial charge is 0.550 e.